The third-order valence-electron chi connectivity index (χ3n) is 4.79. The summed E-state index contributed by atoms with van der Waals surface area (Å²) in [5.74, 6) is 0.449. The van der Waals surface area contributed by atoms with Crippen molar-refractivity contribution in [2.24, 2.45) is 5.92 Å². The number of carbonyl (C=O) groups excluding carboxylic acids is 1. The molecule has 1 unspecified atom stereocenters. The van der Waals surface area contributed by atoms with E-state index < -0.39 is 5.60 Å². The summed E-state index contributed by atoms with van der Waals surface area (Å²) in [6.07, 6.45) is 4.31. The summed E-state index contributed by atoms with van der Waals surface area (Å²) in [6.45, 7) is 5.47. The summed E-state index contributed by atoms with van der Waals surface area (Å²) in [5.41, 5.74) is 2.49. The maximum Gasteiger partial charge on any atom is 0.227 e. The largest absolute Gasteiger partial charge is 0.390 e. The van der Waals surface area contributed by atoms with Crippen LogP contribution >= 0.6 is 0 Å². The van der Waals surface area contributed by atoms with Gasteiger partial charge in [0.05, 0.1) is 12.0 Å². The number of piperidine rings is 1. The second kappa shape index (κ2) is 5.41. The normalized spacial score (nSPS) is 24.0. The summed E-state index contributed by atoms with van der Waals surface area (Å²) in [4.78, 5) is 18.8. The lowest BCUT2D eigenvalue weighted by atomic mass is 9.90. The van der Waals surface area contributed by atoms with Gasteiger partial charge in [-0.3, -0.25) is 9.78 Å². The fourth-order valence-corrected chi connectivity index (χ4v) is 3.49. The molecule has 2 heterocycles. The zero-order valence-corrected chi connectivity index (χ0v) is 12.9. The van der Waals surface area contributed by atoms with E-state index in [2.05, 4.69) is 4.98 Å². The number of hydrogen-bond acceptors (Lipinski definition) is 3. The van der Waals surface area contributed by atoms with Gasteiger partial charge in [-0.15, -0.1) is 0 Å². The molecule has 2 aliphatic rings. The molecule has 0 bridgehead atoms. The van der Waals surface area contributed by atoms with Crippen LogP contribution in [0.4, 0.5) is 0 Å². The van der Waals surface area contributed by atoms with Gasteiger partial charge in [0.2, 0.25) is 5.91 Å². The molecule has 1 aliphatic heterocycles. The van der Waals surface area contributed by atoms with E-state index >= 15 is 0 Å². The van der Waals surface area contributed by atoms with Crippen LogP contribution in [0.5, 0.6) is 0 Å². The molecule has 3 rings (SSSR count). The Bertz CT molecular complexity index is 531. The Morgan fingerprint density at radius 2 is 2.05 bits per heavy atom. The number of carbonyl (C=O) groups is 1. The Morgan fingerprint density at radius 1 is 1.38 bits per heavy atom. The second-order valence-electron chi connectivity index (χ2n) is 6.72. The molecule has 21 heavy (non-hydrogen) atoms. The Balaban J connectivity index is 1.64. The van der Waals surface area contributed by atoms with Crippen molar-refractivity contribution in [1.29, 1.82) is 0 Å². The molecule has 1 aliphatic carbocycles. The highest BCUT2D eigenvalue weighted by Gasteiger charge is 2.48. The molecule has 1 aromatic heterocycles. The van der Waals surface area contributed by atoms with Crippen LogP contribution in [0.2, 0.25) is 0 Å². The van der Waals surface area contributed by atoms with Crippen LogP contribution < -0.4 is 0 Å². The molecule has 1 amide bonds. The molecular formula is C17H24N2O2. The predicted octanol–water partition coefficient (Wildman–Crippen LogP) is 2.00. The topological polar surface area (TPSA) is 53.4 Å². The van der Waals surface area contributed by atoms with Gasteiger partial charge < -0.3 is 10.0 Å². The lowest BCUT2D eigenvalue weighted by molar-refractivity contribution is -0.133. The quantitative estimate of drug-likeness (QED) is 0.925. The van der Waals surface area contributed by atoms with E-state index in [-0.39, 0.29) is 11.8 Å². The third kappa shape index (κ3) is 3.26. The van der Waals surface area contributed by atoms with Gasteiger partial charge in [-0.1, -0.05) is 0 Å². The minimum atomic E-state index is -0.469. The van der Waals surface area contributed by atoms with Gasteiger partial charge in [0, 0.05) is 30.4 Å². The molecule has 2 fully saturated rings. The minimum absolute atomic E-state index is 0.175. The Kier molecular flexibility index (Phi) is 3.74. The highest BCUT2D eigenvalue weighted by Crippen LogP contribution is 2.45. The average molecular weight is 288 g/mol. The standard InChI is InChI=1S/C17H24N2O2/c1-12-8-14(9-13(2)18-12)10-16(20)19-7-3-4-15(11-19)17(21)5-6-17/h8-9,15,21H,3-7,10-11H2,1-2H3. The summed E-state index contributed by atoms with van der Waals surface area (Å²) in [5, 5.41) is 10.3. The number of aryl methyl sites for hydroxylation is 2. The molecule has 4 heteroatoms. The number of aliphatic hydroxyl groups is 1. The van der Waals surface area contributed by atoms with Gasteiger partial charge in [-0.05, 0) is 57.2 Å². The molecule has 1 saturated heterocycles. The van der Waals surface area contributed by atoms with E-state index in [0.717, 1.165) is 55.7 Å². The van der Waals surface area contributed by atoms with Gasteiger partial charge in [-0.2, -0.15) is 0 Å². The molecular weight excluding hydrogens is 264 g/mol. The molecule has 0 spiro atoms. The van der Waals surface area contributed by atoms with E-state index in [1.165, 1.54) is 0 Å². The van der Waals surface area contributed by atoms with Crippen LogP contribution in [0, 0.1) is 19.8 Å². The monoisotopic (exact) mass is 288 g/mol. The van der Waals surface area contributed by atoms with Gasteiger partial charge in [-0.25, -0.2) is 0 Å². The van der Waals surface area contributed by atoms with Crippen LogP contribution in [0.15, 0.2) is 12.1 Å². The highest BCUT2D eigenvalue weighted by atomic mass is 16.3. The number of aromatic nitrogens is 1. The molecule has 1 aromatic rings. The van der Waals surface area contributed by atoms with E-state index in [4.69, 9.17) is 0 Å². The van der Waals surface area contributed by atoms with Gasteiger partial charge >= 0.3 is 0 Å². The van der Waals surface area contributed by atoms with E-state index in [1.54, 1.807) is 0 Å². The zero-order chi connectivity index (χ0) is 15.0. The van der Waals surface area contributed by atoms with E-state index in [0.29, 0.717) is 6.42 Å². The summed E-state index contributed by atoms with van der Waals surface area (Å²) in [7, 11) is 0. The Labute approximate surface area is 126 Å². The first-order chi connectivity index (χ1) is 9.96. The number of nitrogens with zero attached hydrogens (tertiary/aromatic N) is 2. The molecule has 114 valence electrons. The predicted molar refractivity (Wildman–Crippen MR) is 80.9 cm³/mol. The Morgan fingerprint density at radius 3 is 2.67 bits per heavy atom. The average Bonchev–Trinajstić information content (AvgIpc) is 3.17. The molecule has 0 radical (unpaired) electrons. The maximum absolute atomic E-state index is 12.5. The lowest BCUT2D eigenvalue weighted by Crippen LogP contribution is -2.44. The van der Waals surface area contributed by atoms with Crippen LogP contribution in [-0.4, -0.2) is 39.6 Å². The minimum Gasteiger partial charge on any atom is -0.390 e. The van der Waals surface area contributed by atoms with Crippen molar-refractivity contribution < 1.29 is 9.90 Å². The number of likely N-dealkylation sites (tertiary alicyclic amines) is 1. The molecule has 1 atom stereocenters. The van der Waals surface area contributed by atoms with Crippen molar-refractivity contribution in [1.82, 2.24) is 9.88 Å². The van der Waals surface area contributed by atoms with Gasteiger partial charge in [0.25, 0.3) is 0 Å². The summed E-state index contributed by atoms with van der Waals surface area (Å²) in [6, 6.07) is 3.97. The Hall–Kier alpha value is -1.42. The van der Waals surface area contributed by atoms with Crippen molar-refractivity contribution in [3.05, 3.63) is 29.1 Å². The van der Waals surface area contributed by atoms with Crippen LogP contribution in [-0.2, 0) is 11.2 Å². The fourth-order valence-electron chi connectivity index (χ4n) is 3.49. The molecule has 0 aromatic carbocycles. The first kappa shape index (κ1) is 14.5. The lowest BCUT2D eigenvalue weighted by Gasteiger charge is -2.35. The second-order valence-corrected chi connectivity index (χ2v) is 6.72. The maximum atomic E-state index is 12.5. The van der Waals surface area contributed by atoms with Gasteiger partial charge in [0.1, 0.15) is 0 Å². The van der Waals surface area contributed by atoms with E-state index in [1.807, 2.05) is 30.9 Å². The number of pyridine rings is 1. The molecule has 1 saturated carbocycles. The number of amides is 1. The SMILES string of the molecule is Cc1cc(CC(=O)N2CCCC(C3(O)CC3)C2)cc(C)n1. The smallest absolute Gasteiger partial charge is 0.227 e. The summed E-state index contributed by atoms with van der Waals surface area (Å²) < 4.78 is 0. The number of rotatable bonds is 3. The van der Waals surface area contributed by atoms with Crippen LogP contribution in [0.25, 0.3) is 0 Å². The van der Waals surface area contributed by atoms with Crippen LogP contribution in [0.3, 0.4) is 0 Å². The van der Waals surface area contributed by atoms with Crippen molar-refractivity contribution >= 4 is 5.91 Å². The number of hydrogen-bond donors (Lipinski definition) is 1. The van der Waals surface area contributed by atoms with Crippen molar-refractivity contribution in [3.8, 4) is 0 Å². The zero-order valence-electron chi connectivity index (χ0n) is 12.9. The van der Waals surface area contributed by atoms with Crippen molar-refractivity contribution in [2.75, 3.05) is 13.1 Å². The molecule has 4 nitrogen and oxygen atoms in total. The van der Waals surface area contributed by atoms with Gasteiger partial charge in [0.15, 0.2) is 0 Å². The first-order valence-corrected chi connectivity index (χ1v) is 7.91. The van der Waals surface area contributed by atoms with Crippen molar-refractivity contribution in [3.63, 3.8) is 0 Å². The summed E-state index contributed by atoms with van der Waals surface area (Å²) >= 11 is 0. The first-order valence-electron chi connectivity index (χ1n) is 7.91. The molecule has 1 N–H and O–H groups in total. The third-order valence-corrected chi connectivity index (χ3v) is 4.79. The van der Waals surface area contributed by atoms with E-state index in [9.17, 15) is 9.90 Å². The fraction of sp³-hybridized carbons (Fsp3) is 0.647. The van der Waals surface area contributed by atoms with Crippen molar-refractivity contribution in [2.45, 2.75) is 51.6 Å². The highest BCUT2D eigenvalue weighted by molar-refractivity contribution is 5.79. The van der Waals surface area contributed by atoms with Crippen LogP contribution in [0.1, 0.15) is 42.6 Å².